The van der Waals surface area contributed by atoms with Crippen molar-refractivity contribution in [1.82, 2.24) is 4.90 Å². The SMILES string of the molecule is CCCCN1CC2CN(c3ccc([N+](=O)[O-])cc3[N+](=O)[O-])CC(C1)C21CCCC1. The molecule has 158 valence electrons. The smallest absolute Gasteiger partial charge is 0.299 e. The zero-order valence-corrected chi connectivity index (χ0v) is 17.1. The molecule has 4 rings (SSSR count). The highest BCUT2D eigenvalue weighted by atomic mass is 16.6. The number of piperidine rings is 2. The minimum Gasteiger partial charge on any atom is -0.365 e. The second-order valence-electron chi connectivity index (χ2n) is 9.04. The Bertz CT molecular complexity index is 775. The second-order valence-corrected chi connectivity index (χ2v) is 9.04. The largest absolute Gasteiger partial charge is 0.365 e. The highest BCUT2D eigenvalue weighted by molar-refractivity contribution is 5.67. The lowest BCUT2D eigenvalue weighted by atomic mass is 9.60. The molecule has 1 aromatic carbocycles. The Kier molecular flexibility index (Phi) is 5.46. The lowest BCUT2D eigenvalue weighted by Gasteiger charge is -2.58. The Morgan fingerprint density at radius 1 is 1.03 bits per heavy atom. The van der Waals surface area contributed by atoms with E-state index in [0.717, 1.165) is 38.8 Å². The molecule has 2 aliphatic heterocycles. The van der Waals surface area contributed by atoms with Crippen LogP contribution in [0.2, 0.25) is 0 Å². The molecule has 3 aliphatic rings. The van der Waals surface area contributed by atoms with E-state index in [0.29, 0.717) is 22.9 Å². The first-order valence-corrected chi connectivity index (χ1v) is 10.8. The van der Waals surface area contributed by atoms with Crippen LogP contribution in [0.1, 0.15) is 45.4 Å². The Morgan fingerprint density at radius 2 is 1.69 bits per heavy atom. The van der Waals surface area contributed by atoms with Crippen LogP contribution < -0.4 is 4.90 Å². The van der Waals surface area contributed by atoms with E-state index in [-0.39, 0.29) is 11.4 Å². The van der Waals surface area contributed by atoms with Gasteiger partial charge in [-0.1, -0.05) is 26.2 Å². The molecule has 0 N–H and O–H groups in total. The van der Waals surface area contributed by atoms with E-state index < -0.39 is 9.85 Å². The van der Waals surface area contributed by atoms with Gasteiger partial charge in [0.2, 0.25) is 0 Å². The van der Waals surface area contributed by atoms with E-state index in [1.807, 2.05) is 0 Å². The number of anilines is 1. The standard InChI is InChI=1S/C21H30N4O4/c1-2-3-10-22-12-16-14-23(15-17(13-22)21(16)8-4-5-9-21)19-7-6-18(24(26)27)11-20(19)25(28)29/h6-7,11,16-17H,2-5,8-10,12-15H2,1H3. The van der Waals surface area contributed by atoms with E-state index in [1.165, 1.54) is 44.6 Å². The maximum atomic E-state index is 11.7. The minimum absolute atomic E-state index is 0.150. The van der Waals surface area contributed by atoms with E-state index in [1.54, 1.807) is 6.07 Å². The summed E-state index contributed by atoms with van der Waals surface area (Å²) in [6.45, 7) is 7.09. The summed E-state index contributed by atoms with van der Waals surface area (Å²) in [7, 11) is 0. The number of unbranched alkanes of at least 4 members (excludes halogenated alkanes) is 1. The first-order valence-electron chi connectivity index (χ1n) is 10.8. The van der Waals surface area contributed by atoms with Crippen molar-refractivity contribution in [3.05, 3.63) is 38.4 Å². The van der Waals surface area contributed by atoms with Crippen molar-refractivity contribution in [1.29, 1.82) is 0 Å². The summed E-state index contributed by atoms with van der Waals surface area (Å²) in [5.74, 6) is 1.01. The molecule has 2 unspecified atom stereocenters. The van der Waals surface area contributed by atoms with Gasteiger partial charge < -0.3 is 9.80 Å². The first-order chi connectivity index (χ1) is 13.9. The maximum absolute atomic E-state index is 11.7. The van der Waals surface area contributed by atoms with Crippen LogP contribution in [-0.2, 0) is 0 Å². The number of nitro groups is 2. The molecule has 0 aromatic heterocycles. The van der Waals surface area contributed by atoms with Gasteiger partial charge in [0.1, 0.15) is 5.69 Å². The highest BCUT2D eigenvalue weighted by Gasteiger charge is 2.54. The third kappa shape index (κ3) is 3.58. The highest BCUT2D eigenvalue weighted by Crippen LogP contribution is 2.56. The number of benzene rings is 1. The summed E-state index contributed by atoms with van der Waals surface area (Å²) in [5, 5.41) is 22.7. The number of hydrogen-bond donors (Lipinski definition) is 0. The molecular weight excluding hydrogens is 372 g/mol. The van der Waals surface area contributed by atoms with Crippen molar-refractivity contribution in [2.45, 2.75) is 45.4 Å². The van der Waals surface area contributed by atoms with Crippen molar-refractivity contribution < 1.29 is 9.85 Å². The van der Waals surface area contributed by atoms with E-state index in [4.69, 9.17) is 0 Å². The van der Waals surface area contributed by atoms with Crippen LogP contribution in [0.4, 0.5) is 17.1 Å². The summed E-state index contributed by atoms with van der Waals surface area (Å²) in [6.07, 6.45) is 7.54. The van der Waals surface area contributed by atoms with Gasteiger partial charge in [0.05, 0.1) is 15.9 Å². The molecule has 1 aliphatic carbocycles. The maximum Gasteiger partial charge on any atom is 0.299 e. The van der Waals surface area contributed by atoms with Gasteiger partial charge in [0, 0.05) is 32.2 Å². The average molecular weight is 402 g/mol. The zero-order valence-electron chi connectivity index (χ0n) is 17.1. The fourth-order valence-corrected chi connectivity index (χ4v) is 6.13. The minimum atomic E-state index is -0.569. The Hall–Kier alpha value is -2.22. The molecule has 3 fully saturated rings. The molecule has 1 aromatic rings. The molecule has 2 heterocycles. The van der Waals surface area contributed by atoms with Crippen LogP contribution >= 0.6 is 0 Å². The quantitative estimate of drug-likeness (QED) is 0.522. The molecule has 8 nitrogen and oxygen atoms in total. The van der Waals surface area contributed by atoms with Gasteiger partial charge in [0.15, 0.2) is 0 Å². The Balaban J connectivity index is 1.62. The third-order valence-corrected chi connectivity index (χ3v) is 7.53. The average Bonchev–Trinajstić information content (AvgIpc) is 3.16. The van der Waals surface area contributed by atoms with E-state index in [9.17, 15) is 20.2 Å². The molecule has 2 bridgehead atoms. The molecule has 2 saturated heterocycles. The van der Waals surface area contributed by atoms with E-state index >= 15 is 0 Å². The van der Waals surface area contributed by atoms with Crippen LogP contribution in [0, 0.1) is 37.5 Å². The topological polar surface area (TPSA) is 92.8 Å². The van der Waals surface area contributed by atoms with Crippen LogP contribution in [0.3, 0.4) is 0 Å². The summed E-state index contributed by atoms with van der Waals surface area (Å²) in [6, 6.07) is 4.08. The normalized spacial score (nSPS) is 26.0. The van der Waals surface area contributed by atoms with E-state index in [2.05, 4.69) is 16.7 Å². The fraction of sp³-hybridized carbons (Fsp3) is 0.714. The number of hydrogen-bond acceptors (Lipinski definition) is 6. The monoisotopic (exact) mass is 402 g/mol. The second kappa shape index (κ2) is 7.89. The summed E-state index contributed by atoms with van der Waals surface area (Å²) in [5.41, 5.74) is 0.540. The number of non-ortho nitro benzene ring substituents is 1. The summed E-state index contributed by atoms with van der Waals surface area (Å²) < 4.78 is 0. The van der Waals surface area contributed by atoms with Crippen molar-refractivity contribution in [2.24, 2.45) is 17.3 Å². The number of rotatable bonds is 6. The zero-order chi connectivity index (χ0) is 20.6. The molecule has 8 heteroatoms. The molecular formula is C21H30N4O4. The molecule has 29 heavy (non-hydrogen) atoms. The van der Waals surface area contributed by atoms with Crippen molar-refractivity contribution in [2.75, 3.05) is 37.6 Å². The van der Waals surface area contributed by atoms with Crippen LogP contribution in [0.5, 0.6) is 0 Å². The first kappa shape index (κ1) is 20.1. The van der Waals surface area contributed by atoms with Crippen molar-refractivity contribution in [3.63, 3.8) is 0 Å². The molecule has 2 atom stereocenters. The Labute approximate surface area is 171 Å². The van der Waals surface area contributed by atoms with Gasteiger partial charge in [-0.05, 0) is 49.1 Å². The van der Waals surface area contributed by atoms with Gasteiger partial charge in [-0.3, -0.25) is 20.2 Å². The summed E-state index contributed by atoms with van der Waals surface area (Å²) in [4.78, 5) is 26.4. The van der Waals surface area contributed by atoms with Crippen molar-refractivity contribution >= 4 is 17.1 Å². The predicted molar refractivity (Wildman–Crippen MR) is 111 cm³/mol. The van der Waals surface area contributed by atoms with Gasteiger partial charge in [-0.15, -0.1) is 0 Å². The predicted octanol–water partition coefficient (Wildman–Crippen LogP) is 4.23. The van der Waals surface area contributed by atoms with Gasteiger partial charge in [-0.25, -0.2) is 0 Å². The lowest BCUT2D eigenvalue weighted by molar-refractivity contribution is -0.393. The van der Waals surface area contributed by atoms with Gasteiger partial charge >= 0.3 is 0 Å². The summed E-state index contributed by atoms with van der Waals surface area (Å²) >= 11 is 0. The fourth-order valence-electron chi connectivity index (χ4n) is 6.13. The van der Waals surface area contributed by atoms with Crippen LogP contribution in [0.25, 0.3) is 0 Å². The molecule has 1 spiro atoms. The number of nitrogens with zero attached hydrogens (tertiary/aromatic N) is 4. The number of likely N-dealkylation sites (tertiary alicyclic amines) is 1. The Morgan fingerprint density at radius 3 is 2.24 bits per heavy atom. The van der Waals surface area contributed by atoms with Crippen LogP contribution in [0.15, 0.2) is 18.2 Å². The van der Waals surface area contributed by atoms with Crippen LogP contribution in [-0.4, -0.2) is 47.5 Å². The van der Waals surface area contributed by atoms with Crippen molar-refractivity contribution in [3.8, 4) is 0 Å². The van der Waals surface area contributed by atoms with Gasteiger partial charge in [0.25, 0.3) is 11.4 Å². The van der Waals surface area contributed by atoms with Gasteiger partial charge in [-0.2, -0.15) is 0 Å². The molecule has 0 radical (unpaired) electrons. The third-order valence-electron chi connectivity index (χ3n) is 7.53. The number of nitro benzene ring substituents is 2. The molecule has 1 saturated carbocycles. The lowest BCUT2D eigenvalue weighted by Crippen LogP contribution is -2.62. The molecule has 0 amide bonds.